The minimum Gasteiger partial charge on any atom is -0.508 e. The Morgan fingerprint density at radius 2 is 2.00 bits per heavy atom. The molecule has 1 saturated heterocycles. The van der Waals surface area contributed by atoms with Crippen molar-refractivity contribution < 1.29 is 24.6 Å². The molecule has 1 saturated carbocycles. The van der Waals surface area contributed by atoms with Crippen LogP contribution in [0.2, 0.25) is 0 Å². The number of carbonyl (C=O) groups excluding carboxylic acids is 2. The van der Waals surface area contributed by atoms with Crippen molar-refractivity contribution in [3.05, 3.63) is 29.3 Å². The molecule has 0 radical (unpaired) electrons. The fourth-order valence-corrected chi connectivity index (χ4v) is 5.25. The number of rotatable bonds is 8. The summed E-state index contributed by atoms with van der Waals surface area (Å²) >= 11 is 0. The second-order valence-corrected chi connectivity index (χ2v) is 9.08. The number of nitrogens with two attached hydrogens (primary N) is 1. The Morgan fingerprint density at radius 1 is 1.29 bits per heavy atom. The number of benzene rings is 1. The van der Waals surface area contributed by atoms with Crippen LogP contribution < -0.4 is 11.1 Å². The summed E-state index contributed by atoms with van der Waals surface area (Å²) in [6.07, 6.45) is 6.66. The molecular weight excluding hydrogens is 438 g/mol. The Morgan fingerprint density at radius 3 is 2.62 bits per heavy atom. The number of nitrogen functional groups attached to an aromatic ring is 1. The molecule has 0 aromatic heterocycles. The average molecular weight is 472 g/mol. The van der Waals surface area contributed by atoms with E-state index < -0.39 is 17.6 Å². The van der Waals surface area contributed by atoms with Gasteiger partial charge in [0.05, 0.1) is 0 Å². The number of amides is 2. The van der Waals surface area contributed by atoms with Crippen LogP contribution >= 0.6 is 0 Å². The molecule has 0 spiro atoms. The quantitative estimate of drug-likeness (QED) is 0.286. The number of hydrogen-bond acceptors (Lipinski definition) is 6. The molecule has 10 heteroatoms. The molecule has 1 aliphatic carbocycles. The Bertz CT molecular complexity index is 988. The molecule has 184 valence electrons. The van der Waals surface area contributed by atoms with Crippen LogP contribution in [0.1, 0.15) is 63.0 Å². The second-order valence-electron chi connectivity index (χ2n) is 9.08. The third kappa shape index (κ3) is 5.21. The number of phenols is 1. The van der Waals surface area contributed by atoms with Gasteiger partial charge in [0.2, 0.25) is 11.8 Å². The summed E-state index contributed by atoms with van der Waals surface area (Å²) in [7, 11) is 0. The second kappa shape index (κ2) is 10.7. The molecule has 6 N–H and O–H groups in total. The number of aliphatic carboxylic acids is 1. The molecule has 0 unspecified atom stereocenters. The molecule has 3 rings (SSSR count). The largest absolute Gasteiger partial charge is 0.508 e. The standard InChI is InChI=1S/C24H33N5O5/c1-15(27-14-20(31)32)22(33)29-11-5-10-24(29,18-6-3-2-4-7-18)23(34)28-13-17-9-8-16(21(25)26)12-19(17)30/h8-9,12,14-15,18,30H,2-7,10-11,13H2,1H3,(H3,25,26)(H,28,34)(H,31,32)/t15-,24+/m0/s1. The van der Waals surface area contributed by atoms with Gasteiger partial charge in [0.1, 0.15) is 29.4 Å². The number of nitrogens with zero attached hydrogens (tertiary/aromatic N) is 2. The van der Waals surface area contributed by atoms with Crippen molar-refractivity contribution in [2.75, 3.05) is 6.54 Å². The number of carbonyl (C=O) groups is 3. The minimum absolute atomic E-state index is 0.00274. The van der Waals surface area contributed by atoms with Gasteiger partial charge < -0.3 is 26.2 Å². The van der Waals surface area contributed by atoms with E-state index in [-0.39, 0.29) is 35.9 Å². The van der Waals surface area contributed by atoms with Crippen molar-refractivity contribution in [3.8, 4) is 5.75 Å². The molecule has 10 nitrogen and oxygen atoms in total. The van der Waals surface area contributed by atoms with E-state index in [0.29, 0.717) is 36.7 Å². The molecule has 2 atom stereocenters. The molecule has 2 amide bonds. The number of likely N-dealkylation sites (tertiary alicyclic amines) is 1. The van der Waals surface area contributed by atoms with E-state index in [0.717, 1.165) is 32.1 Å². The maximum absolute atomic E-state index is 13.8. The molecule has 1 heterocycles. The molecule has 1 aliphatic heterocycles. The predicted molar refractivity (Wildman–Crippen MR) is 127 cm³/mol. The number of phenolic OH excluding ortho intramolecular Hbond substituents is 1. The van der Waals surface area contributed by atoms with Crippen molar-refractivity contribution in [3.63, 3.8) is 0 Å². The maximum atomic E-state index is 13.8. The van der Waals surface area contributed by atoms with Gasteiger partial charge in [0, 0.05) is 24.2 Å². The molecule has 2 aliphatic rings. The first-order valence-electron chi connectivity index (χ1n) is 11.7. The number of aromatic hydroxyl groups is 1. The lowest BCUT2D eigenvalue weighted by atomic mass is 9.72. The summed E-state index contributed by atoms with van der Waals surface area (Å²) in [5, 5.41) is 29.6. The molecule has 0 bridgehead atoms. The summed E-state index contributed by atoms with van der Waals surface area (Å²) in [4.78, 5) is 43.4. The van der Waals surface area contributed by atoms with E-state index in [2.05, 4.69) is 10.3 Å². The van der Waals surface area contributed by atoms with Crippen molar-refractivity contribution in [2.24, 2.45) is 16.6 Å². The highest BCUT2D eigenvalue weighted by Gasteiger charge is 2.54. The Labute approximate surface area is 198 Å². The highest BCUT2D eigenvalue weighted by atomic mass is 16.4. The van der Waals surface area contributed by atoms with E-state index >= 15 is 0 Å². The number of aliphatic imine (C=N–C) groups is 1. The van der Waals surface area contributed by atoms with E-state index in [1.807, 2.05) is 0 Å². The first-order chi connectivity index (χ1) is 16.2. The molecule has 2 fully saturated rings. The fourth-order valence-electron chi connectivity index (χ4n) is 5.25. The SMILES string of the molecule is C[C@H](N=CC(=O)O)C(=O)N1CCC[C@]1(C(=O)NCc1ccc(C(=N)N)cc1O)C1CCCCC1. The summed E-state index contributed by atoms with van der Waals surface area (Å²) < 4.78 is 0. The van der Waals surface area contributed by atoms with E-state index in [9.17, 15) is 19.5 Å². The lowest BCUT2D eigenvalue weighted by molar-refractivity contribution is -0.150. The zero-order valence-corrected chi connectivity index (χ0v) is 19.4. The smallest absolute Gasteiger partial charge is 0.346 e. The van der Waals surface area contributed by atoms with Crippen molar-refractivity contribution in [2.45, 2.75) is 70.0 Å². The zero-order valence-electron chi connectivity index (χ0n) is 19.4. The average Bonchev–Trinajstić information content (AvgIpc) is 3.27. The normalized spacial score (nSPS) is 22.0. The molecule has 1 aromatic rings. The summed E-state index contributed by atoms with van der Waals surface area (Å²) in [6.45, 7) is 2.01. The maximum Gasteiger partial charge on any atom is 0.346 e. The van der Waals surface area contributed by atoms with Crippen LogP contribution in [-0.4, -0.2) is 63.1 Å². The van der Waals surface area contributed by atoms with Gasteiger partial charge in [-0.1, -0.05) is 31.4 Å². The number of amidine groups is 1. The number of nitrogens with one attached hydrogen (secondary N) is 2. The first kappa shape index (κ1) is 25.2. The van der Waals surface area contributed by atoms with E-state index in [1.54, 1.807) is 17.0 Å². The van der Waals surface area contributed by atoms with Gasteiger partial charge in [-0.25, -0.2) is 4.79 Å². The van der Waals surface area contributed by atoms with Gasteiger partial charge in [-0.05, 0) is 44.6 Å². The van der Waals surface area contributed by atoms with E-state index in [1.165, 1.54) is 13.0 Å². The van der Waals surface area contributed by atoms with Crippen LogP contribution in [0, 0.1) is 11.3 Å². The highest BCUT2D eigenvalue weighted by molar-refractivity contribution is 6.22. The third-order valence-electron chi connectivity index (χ3n) is 6.96. The van der Waals surface area contributed by atoms with Crippen LogP contribution in [0.25, 0.3) is 0 Å². The van der Waals surface area contributed by atoms with Gasteiger partial charge in [0.15, 0.2) is 0 Å². The van der Waals surface area contributed by atoms with E-state index in [4.69, 9.17) is 16.2 Å². The third-order valence-corrected chi connectivity index (χ3v) is 6.96. The Kier molecular flexibility index (Phi) is 7.90. The number of carboxylic acids is 1. The van der Waals surface area contributed by atoms with Crippen molar-refractivity contribution in [1.29, 1.82) is 5.41 Å². The van der Waals surface area contributed by atoms with Gasteiger partial charge in [-0.3, -0.25) is 20.0 Å². The van der Waals surface area contributed by atoms with Crippen molar-refractivity contribution in [1.82, 2.24) is 10.2 Å². The fraction of sp³-hybridized carbons (Fsp3) is 0.542. The summed E-state index contributed by atoms with van der Waals surface area (Å²) in [5.41, 5.74) is 5.30. The highest BCUT2D eigenvalue weighted by Crippen LogP contribution is 2.44. The topological polar surface area (TPSA) is 169 Å². The van der Waals surface area contributed by atoms with Crippen LogP contribution in [0.15, 0.2) is 23.2 Å². The van der Waals surface area contributed by atoms with Crippen LogP contribution in [0.3, 0.4) is 0 Å². The van der Waals surface area contributed by atoms with Gasteiger partial charge in [-0.2, -0.15) is 0 Å². The number of carboxylic acid groups (broad SMARTS) is 1. The summed E-state index contributed by atoms with van der Waals surface area (Å²) in [5.74, 6) is -2.10. The monoisotopic (exact) mass is 471 g/mol. The van der Waals surface area contributed by atoms with Gasteiger partial charge >= 0.3 is 5.97 Å². The lowest BCUT2D eigenvalue weighted by Crippen LogP contribution is -2.63. The number of hydrogen-bond donors (Lipinski definition) is 5. The molecule has 1 aromatic carbocycles. The van der Waals surface area contributed by atoms with Crippen LogP contribution in [0.5, 0.6) is 5.75 Å². The van der Waals surface area contributed by atoms with Crippen LogP contribution in [0.4, 0.5) is 0 Å². The Hall–Kier alpha value is -3.43. The minimum atomic E-state index is -1.23. The Balaban J connectivity index is 1.86. The lowest BCUT2D eigenvalue weighted by Gasteiger charge is -2.45. The molecule has 34 heavy (non-hydrogen) atoms. The zero-order chi connectivity index (χ0) is 24.9. The van der Waals surface area contributed by atoms with Crippen molar-refractivity contribution >= 4 is 29.8 Å². The van der Waals surface area contributed by atoms with Gasteiger partial charge in [0.25, 0.3) is 0 Å². The first-order valence-corrected chi connectivity index (χ1v) is 11.7. The van der Waals surface area contributed by atoms with Crippen LogP contribution in [-0.2, 0) is 20.9 Å². The molecular formula is C24H33N5O5. The van der Waals surface area contributed by atoms with Gasteiger partial charge in [-0.15, -0.1) is 0 Å². The summed E-state index contributed by atoms with van der Waals surface area (Å²) in [6, 6.07) is 3.69. The predicted octanol–water partition coefficient (Wildman–Crippen LogP) is 1.78.